The molecule has 1 radical (unpaired) electrons. The minimum absolute atomic E-state index is 0. The third-order valence-corrected chi connectivity index (χ3v) is 15.5. The van der Waals surface area contributed by atoms with Gasteiger partial charge in [0.15, 0.2) is 0 Å². The normalized spacial score (nSPS) is 11.8. The SMILES string of the molecule is CC(C)Cc1cc(-c2[c-]cccc2)ncc1[Si](C)(C)C.CC(C)c1cc(-c2ccccc2)cc(C(C)C)c1-n1c(-c2[c-]ccc3c2sc2ccccc23)nc2ccc3ccccc3c21.[Ir]. The van der Waals surface area contributed by atoms with Crippen LogP contribution in [0.1, 0.15) is 70.1 Å². The van der Waals surface area contributed by atoms with Gasteiger partial charge in [-0.1, -0.05) is 163 Å². The number of nitrogens with zero attached hydrogens (tertiary/aromatic N) is 3. The van der Waals surface area contributed by atoms with E-state index in [4.69, 9.17) is 4.98 Å². The van der Waals surface area contributed by atoms with Crippen molar-refractivity contribution in [2.45, 2.75) is 79.4 Å². The van der Waals surface area contributed by atoms with E-state index >= 15 is 0 Å². The van der Waals surface area contributed by atoms with Crippen molar-refractivity contribution in [2.24, 2.45) is 5.92 Å². The Bertz CT molecular complexity index is 3240. The average molecular weight is 1060 g/mol. The fraction of sp³-hybridized carbons (Fsp3) is 0.220. The Morgan fingerprint density at radius 3 is 2.00 bits per heavy atom. The van der Waals surface area contributed by atoms with Crippen molar-refractivity contribution < 1.29 is 20.1 Å². The molecule has 7 aromatic carbocycles. The molecule has 3 nitrogen and oxygen atoms in total. The maximum Gasteiger partial charge on any atom is 0.0798 e. The van der Waals surface area contributed by atoms with Gasteiger partial charge in [-0.25, -0.2) is 0 Å². The van der Waals surface area contributed by atoms with Crippen LogP contribution >= 0.6 is 11.3 Å². The van der Waals surface area contributed by atoms with E-state index in [1.165, 1.54) is 69.6 Å². The van der Waals surface area contributed by atoms with E-state index in [1.807, 2.05) is 29.5 Å². The largest absolute Gasteiger partial charge is 0.332 e. The second-order valence-corrected chi connectivity index (χ2v) is 25.2. The Labute approximate surface area is 404 Å². The van der Waals surface area contributed by atoms with Gasteiger partial charge < -0.3 is 9.55 Å². The van der Waals surface area contributed by atoms with Gasteiger partial charge in [-0.15, -0.1) is 54.1 Å². The predicted octanol–water partition coefficient (Wildman–Crippen LogP) is 16.2. The van der Waals surface area contributed by atoms with E-state index in [9.17, 15) is 0 Å². The molecular formula is C59H57IrN3SSi-2. The molecule has 6 heteroatoms. The number of hydrogen-bond donors (Lipinski definition) is 0. The van der Waals surface area contributed by atoms with Gasteiger partial charge in [0.05, 0.1) is 24.9 Å². The number of hydrogen-bond acceptors (Lipinski definition) is 3. The maximum absolute atomic E-state index is 5.45. The summed E-state index contributed by atoms with van der Waals surface area (Å²) in [4.78, 5) is 10.1. The zero-order valence-corrected chi connectivity index (χ0v) is 43.2. The summed E-state index contributed by atoms with van der Waals surface area (Å²) in [5, 5.41) is 6.47. The second-order valence-electron chi connectivity index (χ2n) is 19.1. The molecule has 3 aromatic heterocycles. The quantitative estimate of drug-likeness (QED) is 0.107. The molecule has 3 heterocycles. The van der Waals surface area contributed by atoms with Crippen molar-refractivity contribution in [3.63, 3.8) is 0 Å². The van der Waals surface area contributed by atoms with E-state index in [-0.39, 0.29) is 20.1 Å². The molecule has 0 aliphatic rings. The summed E-state index contributed by atoms with van der Waals surface area (Å²) in [6.45, 7) is 21.0. The number of thiophene rings is 1. The molecule has 10 aromatic rings. The molecule has 0 N–H and O–H groups in total. The van der Waals surface area contributed by atoms with Gasteiger partial charge in [-0.3, -0.25) is 4.98 Å². The minimum atomic E-state index is -1.34. The molecule has 329 valence electrons. The molecule has 0 saturated carbocycles. The summed E-state index contributed by atoms with van der Waals surface area (Å²) >= 11 is 1.84. The van der Waals surface area contributed by atoms with Crippen molar-refractivity contribution in [1.82, 2.24) is 14.5 Å². The minimum Gasteiger partial charge on any atom is -0.332 e. The Morgan fingerprint density at radius 2 is 1.32 bits per heavy atom. The van der Waals surface area contributed by atoms with Crippen LogP contribution in [0, 0.1) is 18.1 Å². The summed E-state index contributed by atoms with van der Waals surface area (Å²) in [5.41, 5.74) is 13.2. The van der Waals surface area contributed by atoms with Crippen LogP contribution in [-0.2, 0) is 26.5 Å². The molecule has 65 heavy (non-hydrogen) atoms. The van der Waals surface area contributed by atoms with Crippen molar-refractivity contribution in [2.75, 3.05) is 0 Å². The fourth-order valence-electron chi connectivity index (χ4n) is 9.18. The van der Waals surface area contributed by atoms with Gasteiger partial charge in [-0.2, -0.15) is 11.3 Å². The van der Waals surface area contributed by atoms with Gasteiger partial charge in [0.2, 0.25) is 0 Å². The molecule has 0 aliphatic carbocycles. The van der Waals surface area contributed by atoms with Crippen LogP contribution < -0.4 is 5.19 Å². The van der Waals surface area contributed by atoms with E-state index < -0.39 is 8.07 Å². The monoisotopic (exact) mass is 1060 g/mol. The summed E-state index contributed by atoms with van der Waals surface area (Å²) in [5.74, 6) is 2.22. The van der Waals surface area contributed by atoms with Gasteiger partial charge in [0.1, 0.15) is 0 Å². The third kappa shape index (κ3) is 9.20. The standard InChI is InChI=1S/C41H33N2S.C18H24NSi.Ir/c1-25(2)34-23-29(27-13-6-5-7-14-27)24-35(26(3)4)38(34)43-39-30-16-9-8-15-28(30)21-22-36(39)42-41(43)33-19-12-18-32-31-17-10-11-20-37(31)44-40(32)33;1-14(2)11-16-12-17(15-9-7-6-8-10-15)19-13-18(16)20(3,4)5;/h5-18,20-26H,1-4H3;6-9,12-14H,11H2,1-5H3;/q2*-1;. The fourth-order valence-corrected chi connectivity index (χ4v) is 12.0. The van der Waals surface area contributed by atoms with Crippen LogP contribution in [0.4, 0.5) is 0 Å². The Morgan fingerprint density at radius 1 is 0.646 bits per heavy atom. The van der Waals surface area contributed by atoms with E-state index in [0.29, 0.717) is 17.8 Å². The number of rotatable bonds is 9. The van der Waals surface area contributed by atoms with E-state index in [2.05, 4.69) is 216 Å². The van der Waals surface area contributed by atoms with E-state index in [0.717, 1.165) is 40.1 Å². The van der Waals surface area contributed by atoms with Crippen LogP contribution in [0.25, 0.3) is 81.4 Å². The number of fused-ring (bicyclic) bond motifs is 6. The van der Waals surface area contributed by atoms with Crippen LogP contribution in [0.15, 0.2) is 152 Å². The Balaban J connectivity index is 0.000000232. The number of benzene rings is 7. The van der Waals surface area contributed by atoms with Crippen LogP contribution in [0.5, 0.6) is 0 Å². The molecule has 0 saturated heterocycles. The van der Waals surface area contributed by atoms with Crippen LogP contribution in [0.3, 0.4) is 0 Å². The van der Waals surface area contributed by atoms with Crippen LogP contribution in [-0.4, -0.2) is 22.6 Å². The maximum atomic E-state index is 5.45. The first kappa shape index (κ1) is 46.1. The third-order valence-electron chi connectivity index (χ3n) is 12.3. The summed E-state index contributed by atoms with van der Waals surface area (Å²) in [6, 6.07) is 58.9. The molecule has 0 amide bonds. The Kier molecular flexibility index (Phi) is 13.6. The van der Waals surface area contributed by atoms with Crippen molar-refractivity contribution >= 4 is 66.6 Å². The average Bonchev–Trinajstić information content (AvgIpc) is 3.88. The first-order chi connectivity index (χ1) is 30.9. The molecule has 0 aliphatic heterocycles. The zero-order valence-electron chi connectivity index (χ0n) is 39.0. The first-order valence-electron chi connectivity index (χ1n) is 22.8. The van der Waals surface area contributed by atoms with Gasteiger partial charge >= 0.3 is 0 Å². The summed E-state index contributed by atoms with van der Waals surface area (Å²) in [6.07, 6.45) is 3.24. The van der Waals surface area contributed by atoms with Crippen LogP contribution in [0.2, 0.25) is 19.6 Å². The van der Waals surface area contributed by atoms with E-state index in [1.54, 1.807) is 0 Å². The second kappa shape index (κ2) is 19.2. The molecule has 0 unspecified atom stereocenters. The molecule has 0 atom stereocenters. The zero-order chi connectivity index (χ0) is 44.7. The van der Waals surface area contributed by atoms with Gasteiger partial charge in [0.25, 0.3) is 0 Å². The number of aromatic nitrogens is 3. The summed E-state index contributed by atoms with van der Waals surface area (Å²) < 4.78 is 4.99. The molecular weight excluding hydrogens is 1000 g/mol. The Hall–Kier alpha value is -5.49. The smallest absolute Gasteiger partial charge is 0.0798 e. The predicted molar refractivity (Wildman–Crippen MR) is 279 cm³/mol. The number of imidazole rings is 1. The molecule has 10 rings (SSSR count). The first-order valence-corrected chi connectivity index (χ1v) is 27.1. The molecule has 0 bridgehead atoms. The molecule has 0 fully saturated rings. The van der Waals surface area contributed by atoms with Crippen molar-refractivity contribution in [1.29, 1.82) is 0 Å². The van der Waals surface area contributed by atoms with Gasteiger partial charge in [0, 0.05) is 42.1 Å². The number of pyridine rings is 1. The summed E-state index contributed by atoms with van der Waals surface area (Å²) in [7, 11) is -1.34. The topological polar surface area (TPSA) is 30.7 Å². The van der Waals surface area contributed by atoms with Gasteiger partial charge in [-0.05, 0) is 97.0 Å². The molecule has 0 spiro atoms. The van der Waals surface area contributed by atoms with Crippen molar-refractivity contribution in [3.05, 3.63) is 181 Å². The van der Waals surface area contributed by atoms with Crippen molar-refractivity contribution in [3.8, 4) is 39.5 Å².